The maximum atomic E-state index is 12.4. The van der Waals surface area contributed by atoms with Gasteiger partial charge in [0.15, 0.2) is 0 Å². The molecule has 1 aliphatic heterocycles. The molecule has 1 atom stereocenters. The van der Waals surface area contributed by atoms with Crippen molar-refractivity contribution in [1.29, 1.82) is 0 Å². The zero-order valence-corrected chi connectivity index (χ0v) is 11.7. The number of nitrogens with zero attached hydrogens (tertiary/aromatic N) is 2. The van der Waals surface area contributed by atoms with E-state index in [2.05, 4.69) is 4.90 Å². The third-order valence-electron chi connectivity index (χ3n) is 4.42. The van der Waals surface area contributed by atoms with Crippen LogP contribution in [0.5, 0.6) is 0 Å². The minimum absolute atomic E-state index is 0.00160. The summed E-state index contributed by atoms with van der Waals surface area (Å²) < 4.78 is 0. The van der Waals surface area contributed by atoms with Crippen molar-refractivity contribution in [3.63, 3.8) is 0 Å². The van der Waals surface area contributed by atoms with Gasteiger partial charge >= 0.3 is 5.97 Å². The van der Waals surface area contributed by atoms with Crippen molar-refractivity contribution in [2.24, 2.45) is 0 Å². The topological polar surface area (TPSA) is 60.9 Å². The molecule has 0 bridgehead atoms. The number of aliphatic carboxylic acids is 1. The minimum atomic E-state index is -0.878. The number of carboxylic acid groups (broad SMARTS) is 1. The van der Waals surface area contributed by atoms with Crippen LogP contribution in [0.25, 0.3) is 0 Å². The van der Waals surface area contributed by atoms with Crippen LogP contribution < -0.4 is 0 Å². The van der Waals surface area contributed by atoms with E-state index in [1.54, 1.807) is 4.90 Å². The Morgan fingerprint density at radius 2 is 1.95 bits per heavy atom. The Morgan fingerprint density at radius 1 is 1.26 bits per heavy atom. The zero-order chi connectivity index (χ0) is 13.8. The van der Waals surface area contributed by atoms with Crippen molar-refractivity contribution in [3.8, 4) is 0 Å². The second-order valence-electron chi connectivity index (χ2n) is 5.56. The van der Waals surface area contributed by atoms with Gasteiger partial charge in [0.1, 0.15) is 6.04 Å². The molecular formula is C14H24N2O3. The van der Waals surface area contributed by atoms with Gasteiger partial charge in [-0.25, -0.2) is 0 Å². The summed E-state index contributed by atoms with van der Waals surface area (Å²) in [6.07, 6.45) is 5.82. The number of likely N-dealkylation sites (N-methyl/N-ethyl adjacent to an activating group) is 1. The van der Waals surface area contributed by atoms with Gasteiger partial charge in [-0.05, 0) is 19.8 Å². The van der Waals surface area contributed by atoms with E-state index in [0.29, 0.717) is 12.6 Å². The number of rotatable bonds is 4. The van der Waals surface area contributed by atoms with Gasteiger partial charge < -0.3 is 10.0 Å². The van der Waals surface area contributed by atoms with E-state index in [-0.39, 0.29) is 12.3 Å². The Kier molecular flexibility index (Phi) is 4.80. The van der Waals surface area contributed by atoms with Crippen molar-refractivity contribution in [2.45, 2.75) is 57.5 Å². The number of carbonyl (C=O) groups is 2. The summed E-state index contributed by atoms with van der Waals surface area (Å²) in [4.78, 5) is 27.4. The lowest BCUT2D eigenvalue weighted by Crippen LogP contribution is -2.60. The van der Waals surface area contributed by atoms with Crippen LogP contribution in [0.15, 0.2) is 0 Å². The normalized spacial score (nSPS) is 26.7. The SMILES string of the molecule is CCN1CCN(C2CCCCC2)C(CC(=O)O)C1=O. The molecule has 19 heavy (non-hydrogen) atoms. The average Bonchev–Trinajstić information content (AvgIpc) is 2.41. The summed E-state index contributed by atoms with van der Waals surface area (Å²) in [5.74, 6) is -0.876. The fourth-order valence-electron chi connectivity index (χ4n) is 3.39. The summed E-state index contributed by atoms with van der Waals surface area (Å²) in [5, 5.41) is 9.06. The highest BCUT2D eigenvalue weighted by molar-refractivity contribution is 5.86. The number of amides is 1. The smallest absolute Gasteiger partial charge is 0.305 e. The molecule has 5 nitrogen and oxygen atoms in total. The Balaban J connectivity index is 2.10. The maximum absolute atomic E-state index is 12.4. The van der Waals surface area contributed by atoms with Crippen LogP contribution in [0.1, 0.15) is 45.4 Å². The number of carboxylic acids is 1. The van der Waals surface area contributed by atoms with Crippen LogP contribution in [0, 0.1) is 0 Å². The summed E-state index contributed by atoms with van der Waals surface area (Å²) in [7, 11) is 0. The second-order valence-corrected chi connectivity index (χ2v) is 5.56. The molecule has 108 valence electrons. The zero-order valence-electron chi connectivity index (χ0n) is 11.7. The van der Waals surface area contributed by atoms with Crippen LogP contribution in [0.4, 0.5) is 0 Å². The van der Waals surface area contributed by atoms with Crippen LogP contribution >= 0.6 is 0 Å². The lowest BCUT2D eigenvalue weighted by Gasteiger charge is -2.45. The summed E-state index contributed by atoms with van der Waals surface area (Å²) in [5.41, 5.74) is 0. The first kappa shape index (κ1) is 14.3. The molecule has 1 amide bonds. The summed E-state index contributed by atoms with van der Waals surface area (Å²) in [6.45, 7) is 4.18. The minimum Gasteiger partial charge on any atom is -0.481 e. The number of piperazine rings is 1. The van der Waals surface area contributed by atoms with Gasteiger partial charge in [0.2, 0.25) is 5.91 Å². The van der Waals surface area contributed by atoms with Gasteiger partial charge in [0.05, 0.1) is 6.42 Å². The van der Waals surface area contributed by atoms with E-state index >= 15 is 0 Å². The number of carbonyl (C=O) groups excluding carboxylic acids is 1. The molecule has 0 radical (unpaired) electrons. The van der Waals surface area contributed by atoms with Crippen molar-refractivity contribution < 1.29 is 14.7 Å². The predicted molar refractivity (Wildman–Crippen MR) is 71.9 cm³/mol. The van der Waals surface area contributed by atoms with Gasteiger partial charge in [0.25, 0.3) is 0 Å². The Morgan fingerprint density at radius 3 is 2.53 bits per heavy atom. The highest BCUT2D eigenvalue weighted by Gasteiger charge is 2.39. The molecule has 2 rings (SSSR count). The predicted octanol–water partition coefficient (Wildman–Crippen LogP) is 1.33. The summed E-state index contributed by atoms with van der Waals surface area (Å²) in [6, 6.07) is -0.0460. The quantitative estimate of drug-likeness (QED) is 0.835. The molecule has 1 saturated carbocycles. The molecule has 1 saturated heterocycles. The van der Waals surface area contributed by atoms with Crippen LogP contribution in [0.3, 0.4) is 0 Å². The third-order valence-corrected chi connectivity index (χ3v) is 4.42. The van der Waals surface area contributed by atoms with E-state index in [4.69, 9.17) is 5.11 Å². The number of hydrogen-bond acceptors (Lipinski definition) is 3. The second kappa shape index (κ2) is 6.37. The van der Waals surface area contributed by atoms with E-state index in [1.807, 2.05) is 6.92 Å². The molecule has 0 aromatic rings. The lowest BCUT2D eigenvalue weighted by atomic mass is 9.91. The standard InChI is InChI=1S/C14H24N2O3/c1-2-15-8-9-16(11-6-4-3-5-7-11)12(14(15)19)10-13(17)18/h11-12H,2-10H2,1H3,(H,17,18). The largest absolute Gasteiger partial charge is 0.481 e. The molecule has 1 N–H and O–H groups in total. The maximum Gasteiger partial charge on any atom is 0.305 e. The van der Waals surface area contributed by atoms with Crippen molar-refractivity contribution in [3.05, 3.63) is 0 Å². The average molecular weight is 268 g/mol. The van der Waals surface area contributed by atoms with Gasteiger partial charge in [-0.3, -0.25) is 14.5 Å². The lowest BCUT2D eigenvalue weighted by molar-refractivity contribution is -0.151. The van der Waals surface area contributed by atoms with Gasteiger partial charge in [0, 0.05) is 25.7 Å². The molecular weight excluding hydrogens is 244 g/mol. The molecule has 1 unspecified atom stereocenters. The first-order valence-corrected chi connectivity index (χ1v) is 7.39. The van der Waals surface area contributed by atoms with Crippen molar-refractivity contribution >= 4 is 11.9 Å². The third kappa shape index (κ3) is 3.26. The monoisotopic (exact) mass is 268 g/mol. The highest BCUT2D eigenvalue weighted by atomic mass is 16.4. The molecule has 2 aliphatic rings. The van der Waals surface area contributed by atoms with Crippen LogP contribution in [-0.4, -0.2) is 58.5 Å². The molecule has 0 spiro atoms. The molecule has 5 heteroatoms. The van der Waals surface area contributed by atoms with Crippen LogP contribution in [-0.2, 0) is 9.59 Å². The van der Waals surface area contributed by atoms with Gasteiger partial charge in [-0.1, -0.05) is 19.3 Å². The van der Waals surface area contributed by atoms with Gasteiger partial charge in [-0.2, -0.15) is 0 Å². The summed E-state index contributed by atoms with van der Waals surface area (Å²) >= 11 is 0. The fourth-order valence-corrected chi connectivity index (χ4v) is 3.39. The van der Waals surface area contributed by atoms with Crippen molar-refractivity contribution in [1.82, 2.24) is 9.80 Å². The Bertz CT molecular complexity index is 340. The van der Waals surface area contributed by atoms with Crippen molar-refractivity contribution in [2.75, 3.05) is 19.6 Å². The van der Waals surface area contributed by atoms with E-state index in [1.165, 1.54) is 19.3 Å². The van der Waals surface area contributed by atoms with E-state index < -0.39 is 12.0 Å². The molecule has 1 aliphatic carbocycles. The molecule has 1 heterocycles. The Labute approximate surface area is 114 Å². The van der Waals surface area contributed by atoms with Gasteiger partial charge in [-0.15, -0.1) is 0 Å². The Hall–Kier alpha value is -1.10. The molecule has 0 aromatic carbocycles. The molecule has 0 aromatic heterocycles. The number of hydrogen-bond donors (Lipinski definition) is 1. The van der Waals surface area contributed by atoms with E-state index in [0.717, 1.165) is 25.9 Å². The van der Waals surface area contributed by atoms with E-state index in [9.17, 15) is 9.59 Å². The molecule has 2 fully saturated rings. The first-order valence-electron chi connectivity index (χ1n) is 7.39. The fraction of sp³-hybridized carbons (Fsp3) is 0.857. The van der Waals surface area contributed by atoms with Crippen LogP contribution in [0.2, 0.25) is 0 Å². The highest BCUT2D eigenvalue weighted by Crippen LogP contribution is 2.27. The first-order chi connectivity index (χ1) is 9.13.